The highest BCUT2D eigenvalue weighted by Crippen LogP contribution is 2.16. The Balaban J connectivity index is 1.45. The molecule has 0 bridgehead atoms. The van der Waals surface area contributed by atoms with Crippen LogP contribution in [0.25, 0.3) is 0 Å². The van der Waals surface area contributed by atoms with Gasteiger partial charge >= 0.3 is 0 Å². The lowest BCUT2D eigenvalue weighted by atomic mass is 10.1. The average molecular weight is 401 g/mol. The first-order valence-corrected chi connectivity index (χ1v) is 10.2. The van der Waals surface area contributed by atoms with Crippen LogP contribution in [0.5, 0.6) is 5.88 Å². The van der Waals surface area contributed by atoms with Crippen molar-refractivity contribution in [2.75, 3.05) is 24.7 Å². The highest BCUT2D eigenvalue weighted by atomic mass is 32.2. The number of aromatic amines is 2. The molecule has 0 amide bonds. The number of pyridine rings is 1. The lowest BCUT2D eigenvalue weighted by Gasteiger charge is -2.08. The van der Waals surface area contributed by atoms with E-state index in [0.29, 0.717) is 23.8 Å². The van der Waals surface area contributed by atoms with Crippen molar-refractivity contribution in [3.63, 3.8) is 0 Å². The molecule has 3 rings (SSSR count). The van der Waals surface area contributed by atoms with Crippen molar-refractivity contribution < 1.29 is 4.74 Å². The summed E-state index contributed by atoms with van der Waals surface area (Å²) in [6, 6.07) is 3.71. The standard InChI is InChI=1S/C19H24N6O2S/c1-13-16(24-12-23-13)11-28-8-4-7-21-19-22-10-15(17(26)25-19)9-14-5-3-6-20-18(14)27-2/h3,5-6,10,12H,4,7-9,11H2,1-2H3,(H,23,24)(H2,21,22,25,26). The second kappa shape index (κ2) is 9.93. The van der Waals surface area contributed by atoms with Crippen molar-refractivity contribution in [2.24, 2.45) is 0 Å². The molecule has 8 nitrogen and oxygen atoms in total. The van der Waals surface area contributed by atoms with E-state index in [1.54, 1.807) is 25.8 Å². The number of imidazole rings is 1. The van der Waals surface area contributed by atoms with Gasteiger partial charge in [-0.3, -0.25) is 9.78 Å². The second-order valence-corrected chi connectivity index (χ2v) is 7.35. The van der Waals surface area contributed by atoms with E-state index in [9.17, 15) is 4.79 Å². The number of hydrogen-bond donors (Lipinski definition) is 3. The fourth-order valence-electron chi connectivity index (χ4n) is 2.67. The Labute approximate surface area is 167 Å². The molecule has 9 heteroatoms. The van der Waals surface area contributed by atoms with Crippen LogP contribution in [0.15, 0.2) is 35.6 Å². The zero-order valence-corrected chi connectivity index (χ0v) is 16.8. The monoisotopic (exact) mass is 400 g/mol. The first kappa shape index (κ1) is 19.9. The predicted octanol–water partition coefficient (Wildman–Crippen LogP) is 2.53. The maximum Gasteiger partial charge on any atom is 0.255 e. The van der Waals surface area contributed by atoms with Gasteiger partial charge in [0.2, 0.25) is 11.8 Å². The van der Waals surface area contributed by atoms with E-state index in [-0.39, 0.29) is 5.56 Å². The van der Waals surface area contributed by atoms with Crippen LogP contribution in [0.2, 0.25) is 0 Å². The molecule has 0 aromatic carbocycles. The summed E-state index contributed by atoms with van der Waals surface area (Å²) in [6.45, 7) is 2.77. The minimum atomic E-state index is -0.160. The minimum Gasteiger partial charge on any atom is -0.481 e. The van der Waals surface area contributed by atoms with Crippen LogP contribution >= 0.6 is 11.8 Å². The van der Waals surface area contributed by atoms with Crippen molar-refractivity contribution in [3.8, 4) is 5.88 Å². The van der Waals surface area contributed by atoms with Crippen LogP contribution in [-0.4, -0.2) is 44.3 Å². The van der Waals surface area contributed by atoms with Gasteiger partial charge in [0.25, 0.3) is 5.56 Å². The molecule has 0 radical (unpaired) electrons. The molecule has 3 heterocycles. The van der Waals surface area contributed by atoms with Crippen molar-refractivity contribution in [3.05, 3.63) is 63.7 Å². The third kappa shape index (κ3) is 5.35. The molecule has 0 aliphatic heterocycles. The molecule has 0 atom stereocenters. The topological polar surface area (TPSA) is 109 Å². The van der Waals surface area contributed by atoms with Gasteiger partial charge in [0.05, 0.1) is 19.1 Å². The molecule has 0 fully saturated rings. The third-order valence-corrected chi connectivity index (χ3v) is 5.28. The van der Waals surface area contributed by atoms with Crippen molar-refractivity contribution >= 4 is 17.7 Å². The van der Waals surface area contributed by atoms with Gasteiger partial charge in [-0.15, -0.1) is 0 Å². The first-order valence-electron chi connectivity index (χ1n) is 9.04. The van der Waals surface area contributed by atoms with Crippen molar-refractivity contribution in [1.29, 1.82) is 0 Å². The third-order valence-electron chi connectivity index (χ3n) is 4.23. The van der Waals surface area contributed by atoms with Crippen molar-refractivity contribution in [1.82, 2.24) is 24.9 Å². The normalized spacial score (nSPS) is 10.8. The second-order valence-electron chi connectivity index (χ2n) is 6.24. The molecule has 148 valence electrons. The largest absolute Gasteiger partial charge is 0.481 e. The summed E-state index contributed by atoms with van der Waals surface area (Å²) in [6.07, 6.45) is 6.37. The maximum atomic E-state index is 12.3. The summed E-state index contributed by atoms with van der Waals surface area (Å²) in [5, 5.41) is 3.17. The summed E-state index contributed by atoms with van der Waals surface area (Å²) in [7, 11) is 1.57. The number of H-pyrrole nitrogens is 2. The number of methoxy groups -OCH3 is 1. The zero-order valence-electron chi connectivity index (χ0n) is 16.0. The summed E-state index contributed by atoms with van der Waals surface area (Å²) < 4.78 is 5.23. The number of thioether (sulfide) groups is 1. The van der Waals surface area contributed by atoms with Crippen LogP contribution in [0.3, 0.4) is 0 Å². The molecule has 28 heavy (non-hydrogen) atoms. The fraction of sp³-hybridized carbons (Fsp3) is 0.368. The molecule has 0 saturated carbocycles. The van der Waals surface area contributed by atoms with E-state index in [1.807, 2.05) is 30.8 Å². The fourth-order valence-corrected chi connectivity index (χ4v) is 3.64. The Bertz CT molecular complexity index is 955. The van der Waals surface area contributed by atoms with Gasteiger partial charge < -0.3 is 15.0 Å². The molecule has 0 spiro atoms. The van der Waals surface area contributed by atoms with Gasteiger partial charge in [-0.05, 0) is 25.2 Å². The number of nitrogens with zero attached hydrogens (tertiary/aromatic N) is 3. The first-order chi connectivity index (χ1) is 13.7. The zero-order chi connectivity index (χ0) is 19.8. The molecule has 0 saturated heterocycles. The van der Waals surface area contributed by atoms with Crippen molar-refractivity contribution in [2.45, 2.75) is 25.5 Å². The van der Waals surface area contributed by atoms with Crippen LogP contribution in [0.1, 0.15) is 28.9 Å². The Kier molecular flexibility index (Phi) is 7.07. The highest BCUT2D eigenvalue weighted by molar-refractivity contribution is 7.98. The molecular formula is C19H24N6O2S. The van der Waals surface area contributed by atoms with Crippen LogP contribution in [0, 0.1) is 6.92 Å². The molecular weight excluding hydrogens is 376 g/mol. The highest BCUT2D eigenvalue weighted by Gasteiger charge is 2.09. The quantitative estimate of drug-likeness (QED) is 0.449. The predicted molar refractivity (Wildman–Crippen MR) is 111 cm³/mol. The number of hydrogen-bond acceptors (Lipinski definition) is 7. The van der Waals surface area contributed by atoms with E-state index < -0.39 is 0 Å². The number of ether oxygens (including phenoxy) is 1. The number of aryl methyl sites for hydroxylation is 1. The van der Waals surface area contributed by atoms with Gasteiger partial charge in [-0.25, -0.2) is 15.0 Å². The Hall–Kier alpha value is -2.81. The molecule has 0 unspecified atom stereocenters. The summed E-state index contributed by atoms with van der Waals surface area (Å²) >= 11 is 1.84. The Morgan fingerprint density at radius 2 is 2.14 bits per heavy atom. The number of rotatable bonds is 10. The van der Waals surface area contributed by atoms with Crippen LogP contribution in [0.4, 0.5) is 5.95 Å². The van der Waals surface area contributed by atoms with Gasteiger partial charge in [-0.2, -0.15) is 11.8 Å². The number of aromatic nitrogens is 5. The molecule has 3 aromatic rings. The van der Waals surface area contributed by atoms with E-state index in [2.05, 4.69) is 30.2 Å². The average Bonchev–Trinajstić information content (AvgIpc) is 3.11. The molecule has 0 aliphatic rings. The van der Waals surface area contributed by atoms with Crippen LogP contribution in [-0.2, 0) is 12.2 Å². The summed E-state index contributed by atoms with van der Waals surface area (Å²) in [5.41, 5.74) is 3.48. The summed E-state index contributed by atoms with van der Waals surface area (Å²) in [4.78, 5) is 31.0. The smallest absolute Gasteiger partial charge is 0.255 e. The van der Waals surface area contributed by atoms with E-state index in [4.69, 9.17) is 4.74 Å². The number of anilines is 1. The minimum absolute atomic E-state index is 0.160. The van der Waals surface area contributed by atoms with Crippen LogP contribution < -0.4 is 15.6 Å². The molecule has 3 N–H and O–H groups in total. The van der Waals surface area contributed by atoms with E-state index in [0.717, 1.165) is 41.4 Å². The maximum absolute atomic E-state index is 12.3. The van der Waals surface area contributed by atoms with Gasteiger partial charge in [0.15, 0.2) is 0 Å². The number of nitrogens with one attached hydrogen (secondary N) is 3. The molecule has 0 aliphatic carbocycles. The SMILES string of the molecule is COc1ncccc1Cc1cnc(NCCCSCc2nc[nH]c2C)[nH]c1=O. The molecule has 3 aromatic heterocycles. The Morgan fingerprint density at radius 3 is 2.89 bits per heavy atom. The van der Waals surface area contributed by atoms with Gasteiger partial charge in [0, 0.05) is 47.9 Å². The van der Waals surface area contributed by atoms with Gasteiger partial charge in [-0.1, -0.05) is 6.07 Å². The lowest BCUT2D eigenvalue weighted by molar-refractivity contribution is 0.393. The van der Waals surface area contributed by atoms with Gasteiger partial charge in [0.1, 0.15) is 0 Å². The Morgan fingerprint density at radius 1 is 1.25 bits per heavy atom. The lowest BCUT2D eigenvalue weighted by Crippen LogP contribution is -2.18. The van der Waals surface area contributed by atoms with E-state index >= 15 is 0 Å². The summed E-state index contributed by atoms with van der Waals surface area (Å²) in [5.74, 6) is 2.91. The van der Waals surface area contributed by atoms with E-state index in [1.165, 1.54) is 0 Å².